The number of nitrogens with one attached hydrogen (secondary N) is 1. The molecule has 0 radical (unpaired) electrons. The highest BCUT2D eigenvalue weighted by Crippen LogP contribution is 2.30. The Balaban J connectivity index is 1.83. The first-order valence-corrected chi connectivity index (χ1v) is 10.9. The van der Waals surface area contributed by atoms with Crippen molar-refractivity contribution in [3.8, 4) is 11.5 Å². The number of nitro groups is 1. The van der Waals surface area contributed by atoms with Gasteiger partial charge in [-0.15, -0.1) is 0 Å². The molecule has 0 aromatic heterocycles. The number of hydrogen-bond donors (Lipinski definition) is 2. The monoisotopic (exact) mass is 450 g/mol. The number of nitro benzene ring substituents is 1. The molecule has 12 heteroatoms. The smallest absolute Gasteiger partial charge is 0.295 e. The minimum Gasteiger partial charge on any atom is -0.504 e. The summed E-state index contributed by atoms with van der Waals surface area (Å²) in [4.78, 5) is 10.6. The number of anilines is 1. The van der Waals surface area contributed by atoms with E-state index in [4.69, 9.17) is 9.47 Å². The number of phenolic OH excluding ortho intramolecular Hbond substituents is 1. The van der Waals surface area contributed by atoms with E-state index in [-0.39, 0.29) is 48.4 Å². The van der Waals surface area contributed by atoms with Crippen LogP contribution in [0.3, 0.4) is 0 Å². The number of benzene rings is 2. The summed E-state index contributed by atoms with van der Waals surface area (Å²) in [5.41, 5.74) is 2.42. The molecule has 1 aliphatic rings. The van der Waals surface area contributed by atoms with Gasteiger partial charge >= 0.3 is 0 Å². The van der Waals surface area contributed by atoms with Crippen LogP contribution in [-0.4, -0.2) is 61.9 Å². The number of morpholine rings is 1. The summed E-state index contributed by atoms with van der Waals surface area (Å²) in [5.74, 6) is 0.173. The van der Waals surface area contributed by atoms with Gasteiger partial charge in [0.05, 0.1) is 35.9 Å². The zero-order valence-corrected chi connectivity index (χ0v) is 17.5. The molecule has 0 aliphatic carbocycles. The first-order valence-electron chi connectivity index (χ1n) is 9.44. The van der Waals surface area contributed by atoms with Crippen molar-refractivity contribution in [2.75, 3.05) is 38.3 Å². The average Bonchev–Trinajstić information content (AvgIpc) is 2.77. The Bertz CT molecular complexity index is 1080. The first-order chi connectivity index (χ1) is 14.8. The lowest BCUT2D eigenvalue weighted by atomic mass is 10.2. The van der Waals surface area contributed by atoms with E-state index in [0.29, 0.717) is 12.2 Å². The second-order valence-corrected chi connectivity index (χ2v) is 8.39. The van der Waals surface area contributed by atoms with E-state index in [1.165, 1.54) is 22.7 Å². The van der Waals surface area contributed by atoms with Crippen molar-refractivity contribution in [1.82, 2.24) is 4.31 Å². The summed E-state index contributed by atoms with van der Waals surface area (Å²) in [5, 5.41) is 25.6. The van der Waals surface area contributed by atoms with Crippen LogP contribution in [0.25, 0.3) is 0 Å². The van der Waals surface area contributed by atoms with Crippen LogP contribution >= 0.6 is 0 Å². The SMILES string of the molecule is CCOc1cccc(/C=N\Nc2ccc(S(=O)(=O)N3CCOCC3)cc2[N+](=O)[O-])c1O. The van der Waals surface area contributed by atoms with Crippen LogP contribution in [0, 0.1) is 10.1 Å². The molecule has 1 aliphatic heterocycles. The lowest BCUT2D eigenvalue weighted by molar-refractivity contribution is -0.384. The fourth-order valence-electron chi connectivity index (χ4n) is 2.94. The molecule has 2 aromatic carbocycles. The molecule has 31 heavy (non-hydrogen) atoms. The number of aromatic hydroxyl groups is 1. The molecule has 166 valence electrons. The number of hydrogen-bond acceptors (Lipinski definition) is 9. The van der Waals surface area contributed by atoms with Crippen LogP contribution in [0.15, 0.2) is 46.4 Å². The molecule has 11 nitrogen and oxygen atoms in total. The van der Waals surface area contributed by atoms with Crippen molar-refractivity contribution >= 4 is 27.6 Å². The summed E-state index contributed by atoms with van der Waals surface area (Å²) in [7, 11) is -3.88. The normalized spacial score (nSPS) is 15.1. The van der Waals surface area contributed by atoms with Gasteiger partial charge in [-0.3, -0.25) is 15.5 Å². The van der Waals surface area contributed by atoms with Crippen LogP contribution in [0.4, 0.5) is 11.4 Å². The van der Waals surface area contributed by atoms with Crippen molar-refractivity contribution < 1.29 is 27.9 Å². The molecule has 1 saturated heterocycles. The zero-order chi connectivity index (χ0) is 22.4. The highest BCUT2D eigenvalue weighted by Gasteiger charge is 2.28. The van der Waals surface area contributed by atoms with Gasteiger partial charge < -0.3 is 14.6 Å². The Morgan fingerprint density at radius 2 is 2.06 bits per heavy atom. The number of para-hydroxylation sites is 1. The van der Waals surface area contributed by atoms with Crippen LogP contribution in [-0.2, 0) is 14.8 Å². The molecular weight excluding hydrogens is 428 g/mol. The Morgan fingerprint density at radius 1 is 1.32 bits per heavy atom. The summed E-state index contributed by atoms with van der Waals surface area (Å²) in [6.45, 7) is 3.07. The van der Waals surface area contributed by atoms with Crippen molar-refractivity contribution in [3.63, 3.8) is 0 Å². The molecule has 0 saturated carbocycles. The number of hydrazone groups is 1. The fourth-order valence-corrected chi connectivity index (χ4v) is 4.37. The van der Waals surface area contributed by atoms with Gasteiger partial charge in [0.2, 0.25) is 10.0 Å². The third kappa shape index (κ3) is 5.10. The average molecular weight is 450 g/mol. The predicted octanol–water partition coefficient (Wildman–Crippen LogP) is 2.17. The molecule has 0 amide bonds. The quantitative estimate of drug-likeness (QED) is 0.354. The second kappa shape index (κ2) is 9.73. The maximum atomic E-state index is 12.8. The third-order valence-corrected chi connectivity index (χ3v) is 6.39. The zero-order valence-electron chi connectivity index (χ0n) is 16.7. The third-order valence-electron chi connectivity index (χ3n) is 4.49. The Morgan fingerprint density at radius 3 is 2.74 bits per heavy atom. The highest BCUT2D eigenvalue weighted by molar-refractivity contribution is 7.89. The molecular formula is C19H22N4O7S. The Labute approximate surface area is 179 Å². The summed E-state index contributed by atoms with van der Waals surface area (Å²) >= 11 is 0. The number of sulfonamides is 1. The van der Waals surface area contributed by atoms with Gasteiger partial charge in [0, 0.05) is 24.7 Å². The van der Waals surface area contributed by atoms with Crippen molar-refractivity contribution in [2.45, 2.75) is 11.8 Å². The molecule has 1 heterocycles. The summed E-state index contributed by atoms with van der Waals surface area (Å²) in [6.07, 6.45) is 1.28. The summed E-state index contributed by atoms with van der Waals surface area (Å²) < 4.78 is 37.2. The maximum absolute atomic E-state index is 12.8. The van der Waals surface area contributed by atoms with E-state index in [1.807, 2.05) is 0 Å². The van der Waals surface area contributed by atoms with Crippen LogP contribution in [0.1, 0.15) is 12.5 Å². The lowest BCUT2D eigenvalue weighted by Gasteiger charge is -2.26. The van der Waals surface area contributed by atoms with Gasteiger partial charge in [0.15, 0.2) is 11.5 Å². The standard InChI is InChI=1S/C19H22N4O7S/c1-2-30-18-5-3-4-14(19(18)24)13-20-21-16-7-6-15(12-17(16)23(25)26)31(27,28)22-8-10-29-11-9-22/h3-7,12-13,21,24H,2,8-11H2,1H3/b20-13-. The minimum absolute atomic E-state index is 0.00244. The number of nitrogens with zero attached hydrogens (tertiary/aromatic N) is 3. The van der Waals surface area contributed by atoms with Crippen LogP contribution < -0.4 is 10.2 Å². The maximum Gasteiger partial charge on any atom is 0.295 e. The number of rotatable bonds is 8. The molecule has 0 spiro atoms. The van der Waals surface area contributed by atoms with Crippen molar-refractivity contribution in [1.29, 1.82) is 0 Å². The van der Waals surface area contributed by atoms with Gasteiger partial charge in [-0.1, -0.05) is 6.07 Å². The van der Waals surface area contributed by atoms with E-state index < -0.39 is 20.6 Å². The largest absolute Gasteiger partial charge is 0.504 e. The Kier molecular flexibility index (Phi) is 7.05. The number of phenols is 1. The van der Waals surface area contributed by atoms with E-state index in [1.54, 1.807) is 25.1 Å². The van der Waals surface area contributed by atoms with Gasteiger partial charge in [-0.05, 0) is 31.2 Å². The first kappa shape index (κ1) is 22.5. The lowest BCUT2D eigenvalue weighted by Crippen LogP contribution is -2.40. The van der Waals surface area contributed by atoms with E-state index in [0.717, 1.165) is 6.07 Å². The molecule has 3 rings (SSSR count). The Hall–Kier alpha value is -3.22. The molecule has 1 fully saturated rings. The highest BCUT2D eigenvalue weighted by atomic mass is 32.2. The molecule has 0 unspecified atom stereocenters. The van der Waals surface area contributed by atoms with Crippen molar-refractivity contribution in [3.05, 3.63) is 52.1 Å². The van der Waals surface area contributed by atoms with Crippen LogP contribution in [0.5, 0.6) is 11.5 Å². The molecule has 0 atom stereocenters. The molecule has 0 bridgehead atoms. The van der Waals surface area contributed by atoms with Gasteiger partial charge in [0.1, 0.15) is 5.69 Å². The number of ether oxygens (including phenoxy) is 2. The predicted molar refractivity (Wildman–Crippen MR) is 113 cm³/mol. The topological polar surface area (TPSA) is 144 Å². The van der Waals surface area contributed by atoms with Crippen LogP contribution in [0.2, 0.25) is 0 Å². The van der Waals surface area contributed by atoms with Gasteiger partial charge in [-0.25, -0.2) is 8.42 Å². The molecule has 2 aromatic rings. The molecule has 2 N–H and O–H groups in total. The van der Waals surface area contributed by atoms with E-state index >= 15 is 0 Å². The van der Waals surface area contributed by atoms with E-state index in [9.17, 15) is 23.6 Å². The van der Waals surface area contributed by atoms with Crippen molar-refractivity contribution in [2.24, 2.45) is 5.10 Å². The van der Waals surface area contributed by atoms with Gasteiger partial charge in [-0.2, -0.15) is 9.41 Å². The second-order valence-electron chi connectivity index (χ2n) is 6.45. The fraction of sp³-hybridized carbons (Fsp3) is 0.316. The summed E-state index contributed by atoms with van der Waals surface area (Å²) in [6, 6.07) is 8.41. The van der Waals surface area contributed by atoms with Gasteiger partial charge in [0.25, 0.3) is 5.69 Å². The minimum atomic E-state index is -3.88. The van der Waals surface area contributed by atoms with E-state index in [2.05, 4.69) is 10.5 Å².